The third-order valence-corrected chi connectivity index (χ3v) is 3.15. The van der Waals surface area contributed by atoms with Crippen LogP contribution in [0.25, 0.3) is 0 Å². The van der Waals surface area contributed by atoms with E-state index in [1.165, 1.54) is 12.1 Å². The van der Waals surface area contributed by atoms with Gasteiger partial charge in [0.25, 0.3) is 11.8 Å². The summed E-state index contributed by atoms with van der Waals surface area (Å²) < 4.78 is 0. The van der Waals surface area contributed by atoms with Gasteiger partial charge >= 0.3 is 11.9 Å². The molecule has 0 spiro atoms. The molecule has 1 aliphatic heterocycles. The van der Waals surface area contributed by atoms with Gasteiger partial charge in [-0.15, -0.1) is 0 Å². The van der Waals surface area contributed by atoms with E-state index in [2.05, 4.69) is 0 Å². The average molecular weight is 277 g/mol. The van der Waals surface area contributed by atoms with Crippen LogP contribution >= 0.6 is 0 Å². The number of carbonyl (C=O) groups is 4. The summed E-state index contributed by atoms with van der Waals surface area (Å²) >= 11 is 0. The number of carbonyl (C=O) groups excluding carboxylic acids is 2. The normalized spacial score (nSPS) is 15.2. The number of aromatic carboxylic acids is 1. The molecule has 1 heterocycles. The molecule has 0 aliphatic carbocycles. The van der Waals surface area contributed by atoms with Gasteiger partial charge in [0.1, 0.15) is 6.04 Å². The van der Waals surface area contributed by atoms with Gasteiger partial charge < -0.3 is 10.2 Å². The molecule has 7 heteroatoms. The van der Waals surface area contributed by atoms with Crippen molar-refractivity contribution in [2.45, 2.75) is 19.4 Å². The number of carboxylic acids is 2. The highest BCUT2D eigenvalue weighted by atomic mass is 16.4. The first-order valence-corrected chi connectivity index (χ1v) is 5.86. The highest BCUT2D eigenvalue weighted by Gasteiger charge is 2.42. The Morgan fingerprint density at radius 1 is 1.15 bits per heavy atom. The Bertz CT molecular complexity index is 636. The average Bonchev–Trinajstić information content (AvgIpc) is 2.64. The number of hydrogen-bond donors (Lipinski definition) is 2. The SMILES string of the molecule is CCC(C(=O)O)N1C(=O)c2ccc(C(=O)O)cc2C1=O. The molecule has 0 saturated carbocycles. The minimum Gasteiger partial charge on any atom is -0.480 e. The third-order valence-electron chi connectivity index (χ3n) is 3.15. The van der Waals surface area contributed by atoms with E-state index < -0.39 is 29.8 Å². The molecule has 20 heavy (non-hydrogen) atoms. The second-order valence-electron chi connectivity index (χ2n) is 4.31. The number of benzene rings is 1. The zero-order valence-electron chi connectivity index (χ0n) is 10.5. The van der Waals surface area contributed by atoms with Crippen LogP contribution in [0.2, 0.25) is 0 Å². The first-order valence-electron chi connectivity index (χ1n) is 5.86. The third kappa shape index (κ3) is 1.93. The van der Waals surface area contributed by atoms with Crippen LogP contribution in [-0.4, -0.2) is 44.9 Å². The molecule has 1 aromatic carbocycles. The van der Waals surface area contributed by atoms with Crippen molar-refractivity contribution < 1.29 is 29.4 Å². The van der Waals surface area contributed by atoms with E-state index >= 15 is 0 Å². The van der Waals surface area contributed by atoms with Crippen molar-refractivity contribution in [2.24, 2.45) is 0 Å². The Balaban J connectivity index is 2.50. The summed E-state index contributed by atoms with van der Waals surface area (Å²) in [5.74, 6) is -3.99. The molecule has 2 N–H and O–H groups in total. The maximum atomic E-state index is 12.1. The second kappa shape index (κ2) is 4.76. The predicted octanol–water partition coefficient (Wildman–Crippen LogP) is 0.844. The summed E-state index contributed by atoms with van der Waals surface area (Å²) in [7, 11) is 0. The number of hydrogen-bond acceptors (Lipinski definition) is 4. The van der Waals surface area contributed by atoms with Gasteiger partial charge in [0.15, 0.2) is 0 Å². The van der Waals surface area contributed by atoms with Crippen LogP contribution in [0, 0.1) is 0 Å². The number of imide groups is 1. The van der Waals surface area contributed by atoms with Crippen molar-refractivity contribution in [2.75, 3.05) is 0 Å². The molecule has 0 bridgehead atoms. The summed E-state index contributed by atoms with van der Waals surface area (Å²) in [6.45, 7) is 1.55. The van der Waals surface area contributed by atoms with Crippen LogP contribution in [0.5, 0.6) is 0 Å². The van der Waals surface area contributed by atoms with Gasteiger partial charge in [-0.25, -0.2) is 9.59 Å². The quantitative estimate of drug-likeness (QED) is 0.789. The Kier molecular flexibility index (Phi) is 3.27. The number of amides is 2. The van der Waals surface area contributed by atoms with Gasteiger partial charge in [0, 0.05) is 0 Å². The van der Waals surface area contributed by atoms with Gasteiger partial charge in [-0.3, -0.25) is 14.5 Å². The first kappa shape index (κ1) is 13.7. The fourth-order valence-electron chi connectivity index (χ4n) is 2.14. The van der Waals surface area contributed by atoms with Crippen LogP contribution in [0.4, 0.5) is 0 Å². The van der Waals surface area contributed by atoms with Crippen LogP contribution in [0.15, 0.2) is 18.2 Å². The van der Waals surface area contributed by atoms with Crippen molar-refractivity contribution in [3.05, 3.63) is 34.9 Å². The fraction of sp³-hybridized carbons (Fsp3) is 0.231. The van der Waals surface area contributed by atoms with E-state index in [1.807, 2.05) is 0 Å². The van der Waals surface area contributed by atoms with Crippen molar-refractivity contribution >= 4 is 23.8 Å². The Hall–Kier alpha value is -2.70. The van der Waals surface area contributed by atoms with E-state index in [0.717, 1.165) is 6.07 Å². The van der Waals surface area contributed by atoms with Crippen molar-refractivity contribution in [3.63, 3.8) is 0 Å². The van der Waals surface area contributed by atoms with Crippen LogP contribution in [-0.2, 0) is 4.79 Å². The lowest BCUT2D eigenvalue weighted by Gasteiger charge is -2.20. The van der Waals surface area contributed by atoms with Crippen molar-refractivity contribution in [1.82, 2.24) is 4.90 Å². The molecule has 0 aromatic heterocycles. The lowest BCUT2D eigenvalue weighted by atomic mass is 10.1. The monoisotopic (exact) mass is 277 g/mol. The number of rotatable bonds is 4. The second-order valence-corrected chi connectivity index (χ2v) is 4.31. The maximum absolute atomic E-state index is 12.1. The molecule has 0 radical (unpaired) electrons. The number of nitrogens with zero attached hydrogens (tertiary/aromatic N) is 1. The summed E-state index contributed by atoms with van der Waals surface area (Å²) in [4.78, 5) is 46.8. The molecule has 1 atom stereocenters. The topological polar surface area (TPSA) is 112 Å². The zero-order chi connectivity index (χ0) is 15.0. The molecule has 0 fully saturated rings. The van der Waals surface area contributed by atoms with E-state index in [1.54, 1.807) is 6.92 Å². The smallest absolute Gasteiger partial charge is 0.335 e. The number of fused-ring (bicyclic) bond motifs is 1. The predicted molar refractivity (Wildman–Crippen MR) is 65.6 cm³/mol. The molecule has 1 unspecified atom stereocenters. The maximum Gasteiger partial charge on any atom is 0.335 e. The Morgan fingerprint density at radius 3 is 2.25 bits per heavy atom. The van der Waals surface area contributed by atoms with Gasteiger partial charge in [-0.05, 0) is 24.6 Å². The Labute approximate surface area is 113 Å². The molecule has 0 saturated heterocycles. The van der Waals surface area contributed by atoms with Crippen LogP contribution in [0.1, 0.15) is 44.4 Å². The van der Waals surface area contributed by atoms with E-state index in [-0.39, 0.29) is 23.1 Å². The number of carboxylic acid groups (broad SMARTS) is 2. The molecular formula is C13H11NO6. The number of aliphatic carboxylic acids is 1. The highest BCUT2D eigenvalue weighted by molar-refractivity contribution is 6.23. The summed E-state index contributed by atoms with van der Waals surface area (Å²) in [5, 5.41) is 17.9. The molecular weight excluding hydrogens is 266 g/mol. The standard InChI is InChI=1S/C13H11NO6/c1-2-9(13(19)20)14-10(15)7-4-3-6(12(17)18)5-8(7)11(14)16/h3-5,9H,2H2,1H3,(H,17,18)(H,19,20). The molecule has 104 valence electrons. The van der Waals surface area contributed by atoms with Gasteiger partial charge in [0.05, 0.1) is 16.7 Å². The lowest BCUT2D eigenvalue weighted by molar-refractivity contribution is -0.141. The minimum atomic E-state index is -1.28. The van der Waals surface area contributed by atoms with Gasteiger partial charge in [-0.2, -0.15) is 0 Å². The van der Waals surface area contributed by atoms with Crippen molar-refractivity contribution in [1.29, 1.82) is 0 Å². The van der Waals surface area contributed by atoms with E-state index in [9.17, 15) is 19.2 Å². The summed E-state index contributed by atoms with van der Waals surface area (Å²) in [5.41, 5.74) is -0.176. The fourth-order valence-corrected chi connectivity index (χ4v) is 2.14. The molecule has 1 aliphatic rings. The van der Waals surface area contributed by atoms with Crippen molar-refractivity contribution in [3.8, 4) is 0 Å². The summed E-state index contributed by atoms with van der Waals surface area (Å²) in [6, 6.07) is 2.27. The zero-order valence-corrected chi connectivity index (χ0v) is 10.5. The molecule has 7 nitrogen and oxygen atoms in total. The lowest BCUT2D eigenvalue weighted by Crippen LogP contribution is -2.44. The van der Waals surface area contributed by atoms with Gasteiger partial charge in [-0.1, -0.05) is 6.92 Å². The molecule has 1 aromatic rings. The molecule has 2 amide bonds. The van der Waals surface area contributed by atoms with Crippen LogP contribution < -0.4 is 0 Å². The Morgan fingerprint density at radius 2 is 1.75 bits per heavy atom. The highest BCUT2D eigenvalue weighted by Crippen LogP contribution is 2.26. The summed E-state index contributed by atoms with van der Waals surface area (Å²) in [6.07, 6.45) is 0.0760. The molecule has 2 rings (SSSR count). The first-order chi connectivity index (χ1) is 9.38. The van der Waals surface area contributed by atoms with E-state index in [0.29, 0.717) is 4.90 Å². The van der Waals surface area contributed by atoms with E-state index in [4.69, 9.17) is 10.2 Å². The largest absolute Gasteiger partial charge is 0.480 e. The van der Waals surface area contributed by atoms with Crippen LogP contribution in [0.3, 0.4) is 0 Å². The van der Waals surface area contributed by atoms with Gasteiger partial charge in [0.2, 0.25) is 0 Å². The minimum absolute atomic E-state index is 0.0275.